The summed E-state index contributed by atoms with van der Waals surface area (Å²) in [6.45, 7) is 3.33. The van der Waals surface area contributed by atoms with E-state index >= 15 is 0 Å². The van der Waals surface area contributed by atoms with E-state index in [1.165, 1.54) is 7.11 Å². The summed E-state index contributed by atoms with van der Waals surface area (Å²) in [6, 6.07) is 3.19. The van der Waals surface area contributed by atoms with Crippen LogP contribution >= 0.6 is 24.0 Å². The number of ether oxygens (including phenoxy) is 1. The van der Waals surface area contributed by atoms with Crippen molar-refractivity contribution in [1.29, 1.82) is 0 Å². The molecule has 1 heterocycles. The minimum absolute atomic E-state index is 0. The number of carbonyl (C=O) groups excluding carboxylic acids is 1. The van der Waals surface area contributed by atoms with Crippen molar-refractivity contribution >= 4 is 35.6 Å². The van der Waals surface area contributed by atoms with Crippen molar-refractivity contribution in [3.05, 3.63) is 22.7 Å². The lowest BCUT2D eigenvalue weighted by Crippen LogP contribution is -2.34. The molecule has 0 bridgehead atoms. The average Bonchev–Trinajstić information content (AvgIpc) is 2.65. The Morgan fingerprint density at radius 3 is 2.67 bits per heavy atom. The number of hydrogen-bond donors (Lipinski definition) is 1. The SMILES string of the molecule is COc1cc(N)c(Cl)cc1C(=O)N1CCCN(C)CC1.Cl. The maximum atomic E-state index is 12.6. The molecule has 7 heteroatoms. The largest absolute Gasteiger partial charge is 0.496 e. The van der Waals surface area contributed by atoms with Gasteiger partial charge in [-0.05, 0) is 26.1 Å². The smallest absolute Gasteiger partial charge is 0.257 e. The van der Waals surface area contributed by atoms with Crippen molar-refractivity contribution in [1.82, 2.24) is 9.80 Å². The van der Waals surface area contributed by atoms with Crippen LogP contribution in [0.25, 0.3) is 0 Å². The first kappa shape index (κ1) is 17.9. The van der Waals surface area contributed by atoms with E-state index in [0.29, 0.717) is 28.6 Å². The number of nitrogen functional groups attached to an aromatic ring is 1. The van der Waals surface area contributed by atoms with Gasteiger partial charge in [0.2, 0.25) is 0 Å². The third-order valence-corrected chi connectivity index (χ3v) is 3.88. The highest BCUT2D eigenvalue weighted by Crippen LogP contribution is 2.29. The Morgan fingerprint density at radius 1 is 1.29 bits per heavy atom. The summed E-state index contributed by atoms with van der Waals surface area (Å²) < 4.78 is 5.25. The molecule has 1 amide bonds. The Morgan fingerprint density at radius 2 is 2.00 bits per heavy atom. The second-order valence-corrected chi connectivity index (χ2v) is 5.43. The summed E-state index contributed by atoms with van der Waals surface area (Å²) in [6.07, 6.45) is 0.966. The fourth-order valence-corrected chi connectivity index (χ4v) is 2.49. The normalized spacial score (nSPS) is 16.0. The van der Waals surface area contributed by atoms with E-state index < -0.39 is 0 Å². The first-order valence-electron chi connectivity index (χ1n) is 6.63. The van der Waals surface area contributed by atoms with Crippen molar-refractivity contribution < 1.29 is 9.53 Å². The molecular weight excluding hydrogens is 313 g/mol. The standard InChI is InChI=1S/C14H20ClN3O2.ClH/c1-17-4-3-5-18(7-6-17)14(19)10-8-11(15)12(16)9-13(10)20-2;/h8-9H,3-7,16H2,1-2H3;1H. The highest BCUT2D eigenvalue weighted by atomic mass is 35.5. The Bertz CT molecular complexity index is 511. The van der Waals surface area contributed by atoms with E-state index in [4.69, 9.17) is 22.1 Å². The van der Waals surface area contributed by atoms with Crippen molar-refractivity contribution in [2.24, 2.45) is 0 Å². The van der Waals surface area contributed by atoms with Gasteiger partial charge in [-0.15, -0.1) is 12.4 Å². The average molecular weight is 334 g/mol. The summed E-state index contributed by atoms with van der Waals surface area (Å²) >= 11 is 6.02. The van der Waals surface area contributed by atoms with Crippen LogP contribution in [0.4, 0.5) is 5.69 Å². The van der Waals surface area contributed by atoms with Gasteiger partial charge in [-0.25, -0.2) is 0 Å². The van der Waals surface area contributed by atoms with E-state index in [9.17, 15) is 4.79 Å². The number of likely N-dealkylation sites (N-methyl/N-ethyl adjacent to an activating group) is 1. The molecule has 1 fully saturated rings. The number of nitrogens with two attached hydrogens (primary N) is 1. The van der Waals surface area contributed by atoms with Gasteiger partial charge < -0.3 is 20.3 Å². The maximum Gasteiger partial charge on any atom is 0.257 e. The van der Waals surface area contributed by atoms with Gasteiger partial charge in [0.05, 0.1) is 23.4 Å². The van der Waals surface area contributed by atoms with Gasteiger partial charge >= 0.3 is 0 Å². The molecule has 2 N–H and O–H groups in total. The molecule has 0 aliphatic carbocycles. The summed E-state index contributed by atoms with van der Waals surface area (Å²) in [5, 5.41) is 0.376. The quantitative estimate of drug-likeness (QED) is 0.842. The van der Waals surface area contributed by atoms with Gasteiger partial charge in [-0.2, -0.15) is 0 Å². The molecule has 1 saturated heterocycles. The number of nitrogens with zero attached hydrogens (tertiary/aromatic N) is 2. The zero-order valence-electron chi connectivity index (χ0n) is 12.3. The second-order valence-electron chi connectivity index (χ2n) is 5.02. The number of rotatable bonds is 2. The van der Waals surface area contributed by atoms with E-state index in [1.54, 1.807) is 12.1 Å². The number of benzene rings is 1. The predicted octanol–water partition coefficient (Wildman–Crippen LogP) is 2.13. The van der Waals surface area contributed by atoms with Gasteiger partial charge in [0.15, 0.2) is 0 Å². The molecule has 21 heavy (non-hydrogen) atoms. The van der Waals surface area contributed by atoms with Crippen molar-refractivity contribution in [2.45, 2.75) is 6.42 Å². The van der Waals surface area contributed by atoms with Crippen LogP contribution in [-0.4, -0.2) is 56.0 Å². The zero-order chi connectivity index (χ0) is 14.7. The number of amides is 1. The third-order valence-electron chi connectivity index (χ3n) is 3.56. The number of methoxy groups -OCH3 is 1. The molecule has 2 rings (SSSR count). The van der Waals surface area contributed by atoms with Crippen LogP contribution in [0.1, 0.15) is 16.8 Å². The summed E-state index contributed by atoms with van der Waals surface area (Å²) in [7, 11) is 3.59. The Kier molecular flexibility index (Phi) is 6.58. The van der Waals surface area contributed by atoms with Crippen LogP contribution in [0.2, 0.25) is 5.02 Å². The fraction of sp³-hybridized carbons (Fsp3) is 0.500. The lowest BCUT2D eigenvalue weighted by atomic mass is 10.1. The van der Waals surface area contributed by atoms with Crippen LogP contribution in [-0.2, 0) is 0 Å². The zero-order valence-corrected chi connectivity index (χ0v) is 13.8. The number of hydrogen-bond acceptors (Lipinski definition) is 4. The monoisotopic (exact) mass is 333 g/mol. The molecule has 0 spiro atoms. The Hall–Kier alpha value is -1.17. The molecule has 0 saturated carbocycles. The van der Waals surface area contributed by atoms with E-state index in [0.717, 1.165) is 26.1 Å². The molecule has 0 aromatic heterocycles. The fourth-order valence-electron chi connectivity index (χ4n) is 2.33. The van der Waals surface area contributed by atoms with Gasteiger partial charge in [-0.3, -0.25) is 4.79 Å². The molecule has 0 atom stereocenters. The molecule has 0 radical (unpaired) electrons. The Balaban J connectivity index is 0.00000220. The molecule has 1 aliphatic rings. The van der Waals surface area contributed by atoms with Crippen LogP contribution in [0, 0.1) is 0 Å². The van der Waals surface area contributed by atoms with Gasteiger partial charge in [-0.1, -0.05) is 11.6 Å². The summed E-state index contributed by atoms with van der Waals surface area (Å²) in [5.41, 5.74) is 6.62. The van der Waals surface area contributed by atoms with Crippen molar-refractivity contribution in [3.8, 4) is 5.75 Å². The highest BCUT2D eigenvalue weighted by Gasteiger charge is 2.22. The molecular formula is C14H21Cl2N3O2. The summed E-state index contributed by atoms with van der Waals surface area (Å²) in [5.74, 6) is 0.411. The first-order valence-corrected chi connectivity index (χ1v) is 7.01. The minimum Gasteiger partial charge on any atom is -0.496 e. The maximum absolute atomic E-state index is 12.6. The van der Waals surface area contributed by atoms with Crippen LogP contribution < -0.4 is 10.5 Å². The highest BCUT2D eigenvalue weighted by molar-refractivity contribution is 6.33. The molecule has 1 aromatic carbocycles. The van der Waals surface area contributed by atoms with Crippen LogP contribution in [0.3, 0.4) is 0 Å². The van der Waals surface area contributed by atoms with Crippen molar-refractivity contribution in [3.63, 3.8) is 0 Å². The minimum atomic E-state index is -0.0564. The molecule has 118 valence electrons. The number of carbonyl (C=O) groups is 1. The Labute approximate surface area is 136 Å². The topological polar surface area (TPSA) is 58.8 Å². The number of halogens is 2. The third kappa shape index (κ3) is 4.15. The molecule has 5 nitrogen and oxygen atoms in total. The first-order chi connectivity index (χ1) is 9.52. The predicted molar refractivity (Wildman–Crippen MR) is 87.7 cm³/mol. The molecule has 1 aromatic rings. The van der Waals surface area contributed by atoms with Gasteiger partial charge in [0.25, 0.3) is 5.91 Å². The van der Waals surface area contributed by atoms with Crippen LogP contribution in [0.15, 0.2) is 12.1 Å². The van der Waals surface area contributed by atoms with Gasteiger partial charge in [0, 0.05) is 25.7 Å². The van der Waals surface area contributed by atoms with E-state index in [2.05, 4.69) is 11.9 Å². The van der Waals surface area contributed by atoms with Crippen molar-refractivity contribution in [2.75, 3.05) is 46.1 Å². The molecule has 1 aliphatic heterocycles. The van der Waals surface area contributed by atoms with Gasteiger partial charge in [0.1, 0.15) is 5.75 Å². The second kappa shape index (κ2) is 7.73. The number of anilines is 1. The van der Waals surface area contributed by atoms with E-state index in [-0.39, 0.29) is 18.3 Å². The molecule has 0 unspecified atom stereocenters. The van der Waals surface area contributed by atoms with Crippen LogP contribution in [0.5, 0.6) is 5.75 Å². The lowest BCUT2D eigenvalue weighted by Gasteiger charge is -2.22. The summed E-state index contributed by atoms with van der Waals surface area (Å²) in [4.78, 5) is 16.7. The lowest BCUT2D eigenvalue weighted by molar-refractivity contribution is 0.0759. The van der Waals surface area contributed by atoms with E-state index in [1.807, 2.05) is 4.90 Å².